The zero-order valence-corrected chi connectivity index (χ0v) is 8.67. The van der Waals surface area contributed by atoms with Crippen molar-refractivity contribution in [3.8, 4) is 0 Å². The number of hydrogen-bond acceptors (Lipinski definition) is 1. The van der Waals surface area contributed by atoms with Crippen molar-refractivity contribution in [1.29, 1.82) is 0 Å². The summed E-state index contributed by atoms with van der Waals surface area (Å²) in [5, 5.41) is 0.762. The maximum Gasteiger partial charge on any atom is 0.185 e. The molecule has 0 saturated heterocycles. The minimum absolute atomic E-state index is 0.154. The van der Waals surface area contributed by atoms with E-state index in [0.29, 0.717) is 6.54 Å². The minimum atomic E-state index is 0.154. The molecule has 0 amide bonds. The molecule has 0 aliphatic rings. The Morgan fingerprint density at radius 3 is 2.43 bits per heavy atom. The minimum Gasteiger partial charge on any atom is -0.370 e. The van der Waals surface area contributed by atoms with Crippen LogP contribution in [0.2, 0.25) is 5.02 Å². The summed E-state index contributed by atoms with van der Waals surface area (Å²) in [7, 11) is 0. The third-order valence-electron chi connectivity index (χ3n) is 1.83. The van der Waals surface area contributed by atoms with E-state index in [9.17, 15) is 0 Å². The van der Waals surface area contributed by atoms with Crippen LogP contribution in [0, 0.1) is 0 Å². The monoisotopic (exact) mass is 211 g/mol. The number of nitrogens with two attached hydrogens (primary N) is 2. The van der Waals surface area contributed by atoms with Gasteiger partial charge in [-0.05, 0) is 30.5 Å². The van der Waals surface area contributed by atoms with Crippen molar-refractivity contribution in [2.24, 2.45) is 16.5 Å². The van der Waals surface area contributed by atoms with E-state index < -0.39 is 0 Å². The van der Waals surface area contributed by atoms with Crippen molar-refractivity contribution in [1.82, 2.24) is 0 Å². The Kier molecular flexibility index (Phi) is 4.26. The lowest BCUT2D eigenvalue weighted by Gasteiger charge is -1.99. The summed E-state index contributed by atoms with van der Waals surface area (Å²) in [5.41, 5.74) is 11.7. The number of aliphatic imine (C=N–C) groups is 1. The fourth-order valence-electron chi connectivity index (χ4n) is 1.14. The molecule has 0 aliphatic heterocycles. The van der Waals surface area contributed by atoms with E-state index in [4.69, 9.17) is 23.1 Å². The van der Waals surface area contributed by atoms with Gasteiger partial charge in [0.15, 0.2) is 5.96 Å². The van der Waals surface area contributed by atoms with E-state index in [0.717, 1.165) is 17.9 Å². The van der Waals surface area contributed by atoms with Crippen LogP contribution in [0.1, 0.15) is 12.0 Å². The average Bonchev–Trinajstić information content (AvgIpc) is 2.15. The van der Waals surface area contributed by atoms with Crippen LogP contribution in [-0.4, -0.2) is 12.5 Å². The van der Waals surface area contributed by atoms with Crippen LogP contribution in [0.3, 0.4) is 0 Å². The van der Waals surface area contributed by atoms with E-state index in [-0.39, 0.29) is 5.96 Å². The van der Waals surface area contributed by atoms with Crippen molar-refractivity contribution in [3.63, 3.8) is 0 Å². The zero-order chi connectivity index (χ0) is 10.4. The predicted octanol–water partition coefficient (Wildman–Crippen LogP) is 1.55. The Morgan fingerprint density at radius 2 is 1.86 bits per heavy atom. The molecular weight excluding hydrogens is 198 g/mol. The quantitative estimate of drug-likeness (QED) is 0.451. The highest BCUT2D eigenvalue weighted by molar-refractivity contribution is 6.30. The summed E-state index contributed by atoms with van der Waals surface area (Å²) in [6, 6.07) is 7.80. The van der Waals surface area contributed by atoms with Gasteiger partial charge in [0.25, 0.3) is 0 Å². The number of nitrogens with zero attached hydrogens (tertiary/aromatic N) is 1. The first-order valence-corrected chi connectivity index (χ1v) is 4.86. The van der Waals surface area contributed by atoms with Gasteiger partial charge in [0.05, 0.1) is 0 Å². The zero-order valence-electron chi connectivity index (χ0n) is 7.91. The highest BCUT2D eigenvalue weighted by atomic mass is 35.5. The number of guanidine groups is 1. The van der Waals surface area contributed by atoms with Crippen molar-refractivity contribution >= 4 is 17.6 Å². The van der Waals surface area contributed by atoms with Gasteiger partial charge in [-0.2, -0.15) is 0 Å². The van der Waals surface area contributed by atoms with Crippen molar-refractivity contribution in [2.75, 3.05) is 6.54 Å². The molecule has 4 heteroatoms. The molecule has 0 bridgehead atoms. The van der Waals surface area contributed by atoms with Crippen LogP contribution in [0.15, 0.2) is 29.3 Å². The molecule has 4 N–H and O–H groups in total. The molecular formula is C10H14ClN3. The van der Waals surface area contributed by atoms with Crippen LogP contribution >= 0.6 is 11.6 Å². The molecule has 1 rings (SSSR count). The van der Waals surface area contributed by atoms with Crippen LogP contribution in [-0.2, 0) is 6.42 Å². The molecule has 0 fully saturated rings. The molecule has 0 heterocycles. The third kappa shape index (κ3) is 4.14. The standard InChI is InChI=1S/C10H14ClN3/c11-9-5-3-8(4-6-9)2-1-7-14-10(12)13/h3-6H,1-2,7H2,(H4,12,13,14). The topological polar surface area (TPSA) is 64.4 Å². The second-order valence-electron chi connectivity index (χ2n) is 3.04. The maximum atomic E-state index is 5.76. The predicted molar refractivity (Wildman–Crippen MR) is 60.4 cm³/mol. The Hall–Kier alpha value is -1.22. The average molecular weight is 212 g/mol. The molecule has 0 unspecified atom stereocenters. The van der Waals surface area contributed by atoms with E-state index in [2.05, 4.69) is 4.99 Å². The Bertz CT molecular complexity index is 302. The summed E-state index contributed by atoms with van der Waals surface area (Å²) in [6.07, 6.45) is 1.91. The number of benzene rings is 1. The van der Waals surface area contributed by atoms with Gasteiger partial charge < -0.3 is 11.5 Å². The molecule has 0 atom stereocenters. The van der Waals surface area contributed by atoms with E-state index in [1.807, 2.05) is 24.3 Å². The summed E-state index contributed by atoms with van der Waals surface area (Å²) < 4.78 is 0. The first-order chi connectivity index (χ1) is 6.68. The summed E-state index contributed by atoms with van der Waals surface area (Å²) >= 11 is 5.76. The molecule has 3 nitrogen and oxygen atoms in total. The molecule has 1 aromatic carbocycles. The first kappa shape index (κ1) is 10.9. The summed E-state index contributed by atoms with van der Waals surface area (Å²) in [6.45, 7) is 0.672. The van der Waals surface area contributed by atoms with Crippen LogP contribution in [0.4, 0.5) is 0 Å². The van der Waals surface area contributed by atoms with Crippen molar-refractivity contribution in [3.05, 3.63) is 34.9 Å². The Balaban J connectivity index is 2.32. The highest BCUT2D eigenvalue weighted by Gasteiger charge is 1.92. The van der Waals surface area contributed by atoms with Gasteiger partial charge in [-0.15, -0.1) is 0 Å². The number of rotatable bonds is 4. The molecule has 76 valence electrons. The summed E-state index contributed by atoms with van der Waals surface area (Å²) in [5.74, 6) is 0.154. The fourth-order valence-corrected chi connectivity index (χ4v) is 1.27. The van der Waals surface area contributed by atoms with Gasteiger partial charge in [-0.25, -0.2) is 0 Å². The molecule has 0 spiro atoms. The Morgan fingerprint density at radius 1 is 1.21 bits per heavy atom. The van der Waals surface area contributed by atoms with Gasteiger partial charge in [0, 0.05) is 11.6 Å². The lowest BCUT2D eigenvalue weighted by atomic mass is 10.1. The van der Waals surface area contributed by atoms with E-state index >= 15 is 0 Å². The van der Waals surface area contributed by atoms with E-state index in [1.165, 1.54) is 5.56 Å². The third-order valence-corrected chi connectivity index (χ3v) is 2.08. The normalized spacial score (nSPS) is 9.79. The van der Waals surface area contributed by atoms with Gasteiger partial charge in [-0.3, -0.25) is 4.99 Å². The molecule has 0 aliphatic carbocycles. The first-order valence-electron chi connectivity index (χ1n) is 4.48. The highest BCUT2D eigenvalue weighted by Crippen LogP contribution is 2.10. The second-order valence-corrected chi connectivity index (χ2v) is 3.47. The van der Waals surface area contributed by atoms with Gasteiger partial charge in [-0.1, -0.05) is 23.7 Å². The fraction of sp³-hybridized carbons (Fsp3) is 0.300. The van der Waals surface area contributed by atoms with Gasteiger partial charge in [0.2, 0.25) is 0 Å². The second kappa shape index (κ2) is 5.50. The Labute approximate surface area is 88.8 Å². The molecule has 0 radical (unpaired) electrons. The SMILES string of the molecule is NC(N)=NCCCc1ccc(Cl)cc1. The van der Waals surface area contributed by atoms with E-state index in [1.54, 1.807) is 0 Å². The lowest BCUT2D eigenvalue weighted by molar-refractivity contribution is 0.831. The molecule has 0 saturated carbocycles. The van der Waals surface area contributed by atoms with Gasteiger partial charge >= 0.3 is 0 Å². The lowest BCUT2D eigenvalue weighted by Crippen LogP contribution is -2.23. The van der Waals surface area contributed by atoms with Crippen LogP contribution in [0.25, 0.3) is 0 Å². The largest absolute Gasteiger partial charge is 0.370 e. The number of halogens is 1. The number of aryl methyl sites for hydroxylation is 1. The van der Waals surface area contributed by atoms with Crippen LogP contribution < -0.4 is 11.5 Å². The molecule has 0 aromatic heterocycles. The van der Waals surface area contributed by atoms with Crippen molar-refractivity contribution < 1.29 is 0 Å². The number of hydrogen-bond donors (Lipinski definition) is 2. The van der Waals surface area contributed by atoms with Crippen LogP contribution in [0.5, 0.6) is 0 Å². The maximum absolute atomic E-state index is 5.76. The molecule has 1 aromatic rings. The van der Waals surface area contributed by atoms with Crippen molar-refractivity contribution in [2.45, 2.75) is 12.8 Å². The molecule has 14 heavy (non-hydrogen) atoms. The van der Waals surface area contributed by atoms with Gasteiger partial charge in [0.1, 0.15) is 0 Å². The smallest absolute Gasteiger partial charge is 0.185 e. The summed E-state index contributed by atoms with van der Waals surface area (Å²) in [4.78, 5) is 3.90.